The fraction of sp³-hybridized carbons (Fsp3) is 0.235. The Kier molecular flexibility index (Phi) is 5.97. The number of methoxy groups -OCH3 is 1. The summed E-state index contributed by atoms with van der Waals surface area (Å²) in [5.74, 6) is -0.422. The van der Waals surface area contributed by atoms with Gasteiger partial charge in [-0.15, -0.1) is 0 Å². The Morgan fingerprint density at radius 1 is 1.16 bits per heavy atom. The van der Waals surface area contributed by atoms with Crippen LogP contribution < -0.4 is 10.6 Å². The van der Waals surface area contributed by atoms with Gasteiger partial charge in [-0.3, -0.25) is 0 Å². The van der Waals surface area contributed by atoms with Gasteiger partial charge in [-0.2, -0.15) is 13.2 Å². The van der Waals surface area contributed by atoms with Crippen LogP contribution >= 0.6 is 0 Å². The standard InChI is InChI=1S/C17H16F4N2O2/c1-25-15(11-3-2-4-13(18)9-11)10-22-16(24)23-14-7-5-12(6-8-14)17(19,20)21/h2-9,15H,10H2,1H3,(H2,22,23,24). The zero-order valence-electron chi connectivity index (χ0n) is 13.2. The molecule has 0 spiro atoms. The van der Waals surface area contributed by atoms with Crippen LogP contribution in [0.15, 0.2) is 48.5 Å². The van der Waals surface area contributed by atoms with E-state index in [0.717, 1.165) is 24.3 Å². The molecular formula is C17H16F4N2O2. The van der Waals surface area contributed by atoms with Crippen molar-refractivity contribution in [2.24, 2.45) is 0 Å². The molecule has 4 nitrogen and oxygen atoms in total. The van der Waals surface area contributed by atoms with Gasteiger partial charge in [0.05, 0.1) is 11.7 Å². The van der Waals surface area contributed by atoms with Crippen LogP contribution in [0, 0.1) is 5.82 Å². The molecule has 1 atom stereocenters. The molecule has 2 aromatic rings. The molecule has 0 aliphatic carbocycles. The summed E-state index contributed by atoms with van der Waals surface area (Å²) < 4.78 is 55.9. The van der Waals surface area contributed by atoms with Crippen LogP contribution in [0.5, 0.6) is 0 Å². The molecule has 2 amide bonds. The van der Waals surface area contributed by atoms with Crippen LogP contribution in [0.4, 0.5) is 28.0 Å². The number of hydrogen-bond acceptors (Lipinski definition) is 2. The Hall–Kier alpha value is -2.61. The van der Waals surface area contributed by atoms with Crippen molar-refractivity contribution in [3.05, 3.63) is 65.5 Å². The second-order valence-corrected chi connectivity index (χ2v) is 5.19. The molecule has 0 saturated heterocycles. The number of ether oxygens (including phenoxy) is 1. The lowest BCUT2D eigenvalue weighted by Crippen LogP contribution is -2.33. The smallest absolute Gasteiger partial charge is 0.375 e. The van der Waals surface area contributed by atoms with Crippen LogP contribution in [-0.2, 0) is 10.9 Å². The molecule has 25 heavy (non-hydrogen) atoms. The molecule has 0 aliphatic rings. The fourth-order valence-electron chi connectivity index (χ4n) is 2.15. The van der Waals surface area contributed by atoms with Crippen molar-refractivity contribution in [3.63, 3.8) is 0 Å². The highest BCUT2D eigenvalue weighted by Gasteiger charge is 2.30. The van der Waals surface area contributed by atoms with E-state index in [2.05, 4.69) is 10.6 Å². The maximum Gasteiger partial charge on any atom is 0.416 e. The molecule has 0 saturated carbocycles. The summed E-state index contributed by atoms with van der Waals surface area (Å²) in [6.45, 7) is 0.0619. The van der Waals surface area contributed by atoms with E-state index in [0.29, 0.717) is 5.56 Å². The Morgan fingerprint density at radius 2 is 1.84 bits per heavy atom. The summed E-state index contributed by atoms with van der Waals surface area (Å²) in [4.78, 5) is 11.8. The summed E-state index contributed by atoms with van der Waals surface area (Å²) in [5.41, 5.74) is -0.0356. The third kappa shape index (κ3) is 5.46. The third-order valence-corrected chi connectivity index (χ3v) is 3.42. The lowest BCUT2D eigenvalue weighted by atomic mass is 10.1. The number of carbonyl (C=O) groups excluding carboxylic acids is 1. The SMILES string of the molecule is COC(CNC(=O)Nc1ccc(C(F)(F)F)cc1)c1cccc(F)c1. The van der Waals surface area contributed by atoms with Crippen molar-refractivity contribution in [3.8, 4) is 0 Å². The van der Waals surface area contributed by atoms with Crippen LogP contribution in [-0.4, -0.2) is 19.7 Å². The molecule has 2 aromatic carbocycles. The number of benzene rings is 2. The minimum Gasteiger partial charge on any atom is -0.375 e. The van der Waals surface area contributed by atoms with E-state index in [1.165, 1.54) is 25.3 Å². The number of nitrogens with one attached hydrogen (secondary N) is 2. The van der Waals surface area contributed by atoms with E-state index in [1.807, 2.05) is 0 Å². The Balaban J connectivity index is 1.91. The fourth-order valence-corrected chi connectivity index (χ4v) is 2.15. The summed E-state index contributed by atoms with van der Waals surface area (Å²) in [6, 6.07) is 9.22. The number of alkyl halides is 3. The van der Waals surface area contributed by atoms with Gasteiger partial charge in [0.25, 0.3) is 0 Å². The lowest BCUT2D eigenvalue weighted by Gasteiger charge is -2.17. The highest BCUT2D eigenvalue weighted by atomic mass is 19.4. The van der Waals surface area contributed by atoms with E-state index < -0.39 is 29.7 Å². The molecule has 0 radical (unpaired) electrons. The number of rotatable bonds is 5. The summed E-state index contributed by atoms with van der Waals surface area (Å²) in [6.07, 6.45) is -4.99. The van der Waals surface area contributed by atoms with Crippen LogP contribution in [0.2, 0.25) is 0 Å². The number of anilines is 1. The lowest BCUT2D eigenvalue weighted by molar-refractivity contribution is -0.137. The minimum absolute atomic E-state index is 0.0619. The zero-order chi connectivity index (χ0) is 18.4. The van der Waals surface area contributed by atoms with Crippen molar-refractivity contribution in [2.45, 2.75) is 12.3 Å². The Labute approximate surface area is 141 Å². The number of halogens is 4. The molecular weight excluding hydrogens is 340 g/mol. The molecule has 8 heteroatoms. The van der Waals surface area contributed by atoms with Gasteiger partial charge in [0.1, 0.15) is 5.82 Å². The van der Waals surface area contributed by atoms with E-state index in [-0.39, 0.29) is 12.2 Å². The number of hydrogen-bond donors (Lipinski definition) is 2. The maximum atomic E-state index is 13.2. The molecule has 2 rings (SSSR count). The highest BCUT2D eigenvalue weighted by molar-refractivity contribution is 5.89. The molecule has 1 unspecified atom stereocenters. The van der Waals surface area contributed by atoms with Crippen LogP contribution in [0.3, 0.4) is 0 Å². The van der Waals surface area contributed by atoms with Gasteiger partial charge >= 0.3 is 12.2 Å². The van der Waals surface area contributed by atoms with E-state index in [9.17, 15) is 22.4 Å². The predicted molar refractivity (Wildman–Crippen MR) is 84.6 cm³/mol. The zero-order valence-corrected chi connectivity index (χ0v) is 13.2. The molecule has 0 fully saturated rings. The normalized spacial score (nSPS) is 12.5. The van der Waals surface area contributed by atoms with Crippen molar-refractivity contribution < 1.29 is 27.1 Å². The van der Waals surface area contributed by atoms with E-state index in [4.69, 9.17) is 4.74 Å². The molecule has 0 aliphatic heterocycles. The summed E-state index contributed by atoms with van der Waals surface area (Å²) in [5, 5.41) is 4.94. The summed E-state index contributed by atoms with van der Waals surface area (Å²) >= 11 is 0. The van der Waals surface area contributed by atoms with Gasteiger partial charge in [-0.1, -0.05) is 12.1 Å². The van der Waals surface area contributed by atoms with E-state index >= 15 is 0 Å². The monoisotopic (exact) mass is 356 g/mol. The average molecular weight is 356 g/mol. The molecule has 0 heterocycles. The first-order valence-electron chi connectivity index (χ1n) is 7.30. The van der Waals surface area contributed by atoms with Crippen molar-refractivity contribution in [2.75, 3.05) is 19.0 Å². The highest BCUT2D eigenvalue weighted by Crippen LogP contribution is 2.29. The van der Waals surface area contributed by atoms with Gasteiger partial charge in [-0.05, 0) is 42.0 Å². The second-order valence-electron chi connectivity index (χ2n) is 5.19. The second kappa shape index (κ2) is 7.98. The minimum atomic E-state index is -4.43. The predicted octanol–water partition coefficient (Wildman–Crippen LogP) is 4.35. The maximum absolute atomic E-state index is 13.2. The topological polar surface area (TPSA) is 50.4 Å². The van der Waals surface area contributed by atoms with Gasteiger partial charge in [-0.25, -0.2) is 9.18 Å². The van der Waals surface area contributed by atoms with Crippen LogP contribution in [0.25, 0.3) is 0 Å². The summed E-state index contributed by atoms with van der Waals surface area (Å²) in [7, 11) is 1.42. The Bertz CT molecular complexity index is 717. The quantitative estimate of drug-likeness (QED) is 0.783. The number of urea groups is 1. The van der Waals surface area contributed by atoms with Crippen molar-refractivity contribution >= 4 is 11.7 Å². The number of carbonyl (C=O) groups is 1. The van der Waals surface area contributed by atoms with Gasteiger partial charge in [0.15, 0.2) is 0 Å². The van der Waals surface area contributed by atoms with Crippen LogP contribution in [0.1, 0.15) is 17.2 Å². The van der Waals surface area contributed by atoms with Crippen molar-refractivity contribution in [1.82, 2.24) is 5.32 Å². The van der Waals surface area contributed by atoms with Gasteiger partial charge in [0, 0.05) is 19.3 Å². The Morgan fingerprint density at radius 3 is 2.40 bits per heavy atom. The first kappa shape index (κ1) is 18.7. The van der Waals surface area contributed by atoms with E-state index in [1.54, 1.807) is 6.07 Å². The molecule has 134 valence electrons. The number of amides is 2. The van der Waals surface area contributed by atoms with Gasteiger partial charge in [0.2, 0.25) is 0 Å². The van der Waals surface area contributed by atoms with Gasteiger partial charge < -0.3 is 15.4 Å². The third-order valence-electron chi connectivity index (χ3n) is 3.42. The molecule has 0 aromatic heterocycles. The molecule has 2 N–H and O–H groups in total. The molecule has 0 bridgehead atoms. The van der Waals surface area contributed by atoms with Crippen molar-refractivity contribution in [1.29, 1.82) is 0 Å². The first-order valence-corrected chi connectivity index (χ1v) is 7.30. The largest absolute Gasteiger partial charge is 0.416 e. The average Bonchev–Trinajstić information content (AvgIpc) is 2.55. The first-order chi connectivity index (χ1) is 11.8.